The Hall–Kier alpha value is -1.59. The molecule has 0 saturated heterocycles. The van der Waals surface area contributed by atoms with Gasteiger partial charge in [0, 0.05) is 12.6 Å². The number of pyridine rings is 1. The summed E-state index contributed by atoms with van der Waals surface area (Å²) in [5, 5.41) is 8.36. The molecule has 0 aromatic carbocycles. The molecule has 0 radical (unpaired) electrons. The van der Waals surface area contributed by atoms with Crippen LogP contribution in [0.25, 0.3) is 0 Å². The number of carboxylic acids is 1. The van der Waals surface area contributed by atoms with E-state index < -0.39 is 17.8 Å². The van der Waals surface area contributed by atoms with Crippen LogP contribution >= 0.6 is 0 Å². The van der Waals surface area contributed by atoms with Crippen LogP contribution in [0.3, 0.4) is 0 Å². The van der Waals surface area contributed by atoms with Crippen LogP contribution in [0.15, 0.2) is 18.3 Å². The third kappa shape index (κ3) is 3.57. The van der Waals surface area contributed by atoms with E-state index in [9.17, 15) is 18.0 Å². The average Bonchev–Trinajstić information content (AvgIpc) is 2.14. The van der Waals surface area contributed by atoms with Crippen LogP contribution in [0.2, 0.25) is 0 Å². The second-order valence-electron chi connectivity index (χ2n) is 2.94. The van der Waals surface area contributed by atoms with Crippen LogP contribution in [0, 0.1) is 0 Å². The zero-order chi connectivity index (χ0) is 11.5. The number of nitrogens with zero attached hydrogens (tertiary/aromatic N) is 1. The Labute approximate surface area is 83.6 Å². The Morgan fingerprint density at radius 2 is 2.07 bits per heavy atom. The van der Waals surface area contributed by atoms with Crippen molar-refractivity contribution in [2.45, 2.75) is 19.0 Å². The Balaban J connectivity index is 2.69. The summed E-state index contributed by atoms with van der Waals surface area (Å²) in [6, 6.07) is 2.08. The fourth-order valence-corrected chi connectivity index (χ4v) is 0.991. The monoisotopic (exact) mass is 219 g/mol. The van der Waals surface area contributed by atoms with Gasteiger partial charge in [-0.15, -0.1) is 0 Å². The van der Waals surface area contributed by atoms with Crippen LogP contribution in [0.1, 0.15) is 17.7 Å². The Bertz CT molecular complexity index is 345. The fraction of sp³-hybridized carbons (Fsp3) is 0.333. The van der Waals surface area contributed by atoms with Gasteiger partial charge >= 0.3 is 12.1 Å². The van der Waals surface area contributed by atoms with Gasteiger partial charge in [0.05, 0.1) is 0 Å². The van der Waals surface area contributed by atoms with Gasteiger partial charge in [-0.3, -0.25) is 9.78 Å². The molecule has 0 amide bonds. The first kappa shape index (κ1) is 11.5. The third-order valence-electron chi connectivity index (χ3n) is 1.74. The van der Waals surface area contributed by atoms with Gasteiger partial charge in [0.15, 0.2) is 0 Å². The van der Waals surface area contributed by atoms with Gasteiger partial charge in [0.1, 0.15) is 5.69 Å². The number of halogens is 3. The highest BCUT2D eigenvalue weighted by Crippen LogP contribution is 2.27. The molecular weight excluding hydrogens is 211 g/mol. The van der Waals surface area contributed by atoms with E-state index in [4.69, 9.17) is 5.11 Å². The second-order valence-corrected chi connectivity index (χ2v) is 2.94. The number of hydrogen-bond donors (Lipinski definition) is 1. The molecule has 1 rings (SSSR count). The van der Waals surface area contributed by atoms with Crippen LogP contribution in [-0.2, 0) is 17.4 Å². The minimum Gasteiger partial charge on any atom is -0.481 e. The zero-order valence-electron chi connectivity index (χ0n) is 7.58. The number of aliphatic carboxylic acids is 1. The highest BCUT2D eigenvalue weighted by atomic mass is 19.4. The molecule has 0 aliphatic rings. The SMILES string of the molecule is O=C(O)CCc1ccc(C(F)(F)F)nc1. The summed E-state index contributed by atoms with van der Waals surface area (Å²) in [4.78, 5) is 13.4. The van der Waals surface area contributed by atoms with E-state index >= 15 is 0 Å². The summed E-state index contributed by atoms with van der Waals surface area (Å²) < 4.78 is 36.2. The lowest BCUT2D eigenvalue weighted by atomic mass is 10.1. The minimum atomic E-state index is -4.45. The molecule has 3 nitrogen and oxygen atoms in total. The molecule has 0 atom stereocenters. The quantitative estimate of drug-likeness (QED) is 0.847. The highest BCUT2D eigenvalue weighted by Gasteiger charge is 2.31. The van der Waals surface area contributed by atoms with Crippen LogP contribution in [0.4, 0.5) is 13.2 Å². The first-order valence-corrected chi connectivity index (χ1v) is 4.13. The largest absolute Gasteiger partial charge is 0.481 e. The van der Waals surface area contributed by atoms with Crippen molar-refractivity contribution in [2.75, 3.05) is 0 Å². The maximum absolute atomic E-state index is 12.1. The molecule has 1 aromatic rings. The molecule has 6 heteroatoms. The molecule has 1 aromatic heterocycles. The standard InChI is InChI=1S/C9H8F3NO2/c10-9(11,12)7-3-1-6(5-13-7)2-4-8(14)15/h1,3,5H,2,4H2,(H,14,15). The predicted molar refractivity (Wildman–Crippen MR) is 45.2 cm³/mol. The highest BCUT2D eigenvalue weighted by molar-refractivity contribution is 5.67. The molecule has 0 saturated carbocycles. The van der Waals surface area contributed by atoms with Gasteiger partial charge < -0.3 is 5.11 Å². The summed E-state index contributed by atoms with van der Waals surface area (Å²) in [7, 11) is 0. The van der Waals surface area contributed by atoms with Gasteiger partial charge in [0.25, 0.3) is 0 Å². The smallest absolute Gasteiger partial charge is 0.433 e. The normalized spacial score (nSPS) is 11.4. The van der Waals surface area contributed by atoms with Crippen molar-refractivity contribution in [1.29, 1.82) is 0 Å². The van der Waals surface area contributed by atoms with E-state index in [1.54, 1.807) is 0 Å². The number of alkyl halides is 3. The van der Waals surface area contributed by atoms with E-state index in [1.807, 2.05) is 0 Å². The summed E-state index contributed by atoms with van der Waals surface area (Å²) in [6.07, 6.45) is -3.34. The molecular formula is C9H8F3NO2. The molecule has 0 fully saturated rings. The van der Waals surface area contributed by atoms with Gasteiger partial charge in [-0.05, 0) is 18.1 Å². The molecule has 0 bridgehead atoms. The average molecular weight is 219 g/mol. The molecule has 82 valence electrons. The number of aromatic nitrogens is 1. The number of hydrogen-bond acceptors (Lipinski definition) is 2. The van der Waals surface area contributed by atoms with Crippen molar-refractivity contribution >= 4 is 5.97 Å². The van der Waals surface area contributed by atoms with E-state index in [0.717, 1.165) is 12.3 Å². The Kier molecular flexibility index (Phi) is 3.28. The van der Waals surface area contributed by atoms with Gasteiger partial charge in [-0.1, -0.05) is 6.07 Å². The Morgan fingerprint density at radius 3 is 2.47 bits per heavy atom. The zero-order valence-corrected chi connectivity index (χ0v) is 7.58. The molecule has 0 unspecified atom stereocenters. The molecule has 0 spiro atoms. The van der Waals surface area contributed by atoms with E-state index in [-0.39, 0.29) is 12.8 Å². The lowest BCUT2D eigenvalue weighted by Crippen LogP contribution is -2.08. The third-order valence-corrected chi connectivity index (χ3v) is 1.74. The summed E-state index contributed by atoms with van der Waals surface area (Å²) in [5.41, 5.74) is -0.494. The molecule has 0 aliphatic carbocycles. The summed E-state index contributed by atoms with van der Waals surface area (Å²) >= 11 is 0. The van der Waals surface area contributed by atoms with Crippen molar-refractivity contribution in [1.82, 2.24) is 4.98 Å². The summed E-state index contributed by atoms with van der Waals surface area (Å²) in [6.45, 7) is 0. The van der Waals surface area contributed by atoms with Crippen molar-refractivity contribution in [2.24, 2.45) is 0 Å². The number of carbonyl (C=O) groups is 1. The molecule has 1 N–H and O–H groups in total. The Morgan fingerprint density at radius 1 is 1.40 bits per heavy atom. The predicted octanol–water partition coefficient (Wildman–Crippen LogP) is 2.12. The van der Waals surface area contributed by atoms with Crippen LogP contribution < -0.4 is 0 Å². The maximum atomic E-state index is 12.1. The van der Waals surface area contributed by atoms with Crippen molar-refractivity contribution in [3.63, 3.8) is 0 Å². The fourth-order valence-electron chi connectivity index (χ4n) is 0.991. The van der Waals surface area contributed by atoms with Gasteiger partial charge in [0.2, 0.25) is 0 Å². The second kappa shape index (κ2) is 4.29. The van der Waals surface area contributed by atoms with E-state index in [0.29, 0.717) is 5.56 Å². The first-order valence-electron chi connectivity index (χ1n) is 4.13. The van der Waals surface area contributed by atoms with Gasteiger partial charge in [-0.2, -0.15) is 13.2 Å². The number of rotatable bonds is 3. The van der Waals surface area contributed by atoms with E-state index in [2.05, 4.69) is 4.98 Å². The van der Waals surface area contributed by atoms with Crippen molar-refractivity contribution < 1.29 is 23.1 Å². The summed E-state index contributed by atoms with van der Waals surface area (Å²) in [5.74, 6) is -0.991. The van der Waals surface area contributed by atoms with Crippen LogP contribution in [0.5, 0.6) is 0 Å². The lowest BCUT2D eigenvalue weighted by molar-refractivity contribution is -0.141. The van der Waals surface area contributed by atoms with Crippen molar-refractivity contribution in [3.05, 3.63) is 29.6 Å². The van der Waals surface area contributed by atoms with E-state index in [1.165, 1.54) is 6.07 Å². The maximum Gasteiger partial charge on any atom is 0.433 e. The lowest BCUT2D eigenvalue weighted by Gasteiger charge is -2.05. The number of aryl methyl sites for hydroxylation is 1. The van der Waals surface area contributed by atoms with Gasteiger partial charge in [-0.25, -0.2) is 0 Å². The first-order chi connectivity index (χ1) is 6.89. The molecule has 0 aliphatic heterocycles. The molecule has 15 heavy (non-hydrogen) atoms. The number of carboxylic acid groups (broad SMARTS) is 1. The molecule has 1 heterocycles. The topological polar surface area (TPSA) is 50.2 Å². The minimum absolute atomic E-state index is 0.118. The van der Waals surface area contributed by atoms with Crippen LogP contribution in [-0.4, -0.2) is 16.1 Å². The van der Waals surface area contributed by atoms with Crippen molar-refractivity contribution in [3.8, 4) is 0 Å².